The van der Waals surface area contributed by atoms with Crippen molar-refractivity contribution < 1.29 is 14.7 Å². The average Bonchev–Trinajstić information content (AvgIpc) is 2.82. The number of hydrogen-bond donors (Lipinski definition) is 3. The number of carboxylic acid groups (broad SMARTS) is 1. The van der Waals surface area contributed by atoms with Crippen LogP contribution in [0.4, 0.5) is 0 Å². The zero-order chi connectivity index (χ0) is 24.0. The summed E-state index contributed by atoms with van der Waals surface area (Å²) in [5, 5.41) is 12.4. The van der Waals surface area contributed by atoms with Crippen molar-refractivity contribution in [3.63, 3.8) is 0 Å². The maximum atomic E-state index is 13.3. The fourth-order valence-electron chi connectivity index (χ4n) is 3.86. The maximum absolute atomic E-state index is 13.3. The first-order valence-electron chi connectivity index (χ1n) is 10.8. The van der Waals surface area contributed by atoms with E-state index in [1.165, 1.54) is 11.6 Å². The quantitative estimate of drug-likeness (QED) is 0.371. The lowest BCUT2D eigenvalue weighted by Gasteiger charge is -2.23. The third-order valence-electron chi connectivity index (χ3n) is 5.66. The first kappa shape index (κ1) is 26.8. The number of halogens is 1. The summed E-state index contributed by atoms with van der Waals surface area (Å²) in [5.74, 6) is -1.88. The molecule has 10 heteroatoms. The number of carbonyl (C=O) groups is 2. The summed E-state index contributed by atoms with van der Waals surface area (Å²) in [6.07, 6.45) is 1.39. The van der Waals surface area contributed by atoms with Crippen LogP contribution in [0.3, 0.4) is 0 Å². The van der Waals surface area contributed by atoms with Crippen molar-refractivity contribution in [1.82, 2.24) is 14.5 Å². The van der Waals surface area contributed by atoms with Crippen LogP contribution < -0.4 is 22.3 Å². The lowest BCUT2D eigenvalue weighted by atomic mass is 10.0. The largest absolute Gasteiger partial charge is 0.480 e. The van der Waals surface area contributed by atoms with E-state index in [2.05, 4.69) is 5.32 Å². The molecular formula is C24H29ClN4O5. The summed E-state index contributed by atoms with van der Waals surface area (Å²) in [7, 11) is 1.53. The van der Waals surface area contributed by atoms with Gasteiger partial charge in [0, 0.05) is 13.5 Å². The summed E-state index contributed by atoms with van der Waals surface area (Å²) in [4.78, 5) is 51.6. The molecule has 1 aromatic heterocycles. The highest BCUT2D eigenvalue weighted by Crippen LogP contribution is 2.15. The number of carboxylic acids is 1. The molecule has 0 aliphatic heterocycles. The van der Waals surface area contributed by atoms with Gasteiger partial charge in [-0.05, 0) is 43.5 Å². The summed E-state index contributed by atoms with van der Waals surface area (Å²) in [6.45, 7) is 0.416. The summed E-state index contributed by atoms with van der Waals surface area (Å²) in [5.41, 5.74) is 5.42. The third kappa shape index (κ3) is 5.92. The van der Waals surface area contributed by atoms with Gasteiger partial charge >= 0.3 is 11.7 Å². The second-order valence-corrected chi connectivity index (χ2v) is 7.92. The first-order valence-corrected chi connectivity index (χ1v) is 10.8. The molecule has 0 radical (unpaired) electrons. The second kappa shape index (κ2) is 12.2. The van der Waals surface area contributed by atoms with Gasteiger partial charge in [0.2, 0.25) is 5.91 Å². The topological polar surface area (TPSA) is 136 Å². The number of nitrogens with one attached hydrogen (secondary N) is 1. The van der Waals surface area contributed by atoms with Gasteiger partial charge in [0.05, 0.1) is 10.9 Å². The average molecular weight is 489 g/mol. The van der Waals surface area contributed by atoms with Gasteiger partial charge in [-0.1, -0.05) is 42.5 Å². The molecule has 0 aliphatic rings. The van der Waals surface area contributed by atoms with Crippen LogP contribution in [0.15, 0.2) is 64.2 Å². The Morgan fingerprint density at radius 2 is 1.68 bits per heavy atom. The van der Waals surface area contributed by atoms with E-state index in [1.54, 1.807) is 48.5 Å². The van der Waals surface area contributed by atoms with Crippen molar-refractivity contribution in [1.29, 1.82) is 0 Å². The Morgan fingerprint density at radius 3 is 2.32 bits per heavy atom. The monoisotopic (exact) mass is 488 g/mol. The number of nitrogens with two attached hydrogens (primary N) is 1. The second-order valence-electron chi connectivity index (χ2n) is 7.92. The van der Waals surface area contributed by atoms with Gasteiger partial charge in [0.25, 0.3) is 5.56 Å². The summed E-state index contributed by atoms with van der Waals surface area (Å²) >= 11 is 0. The number of unbranched alkanes of at least 4 members (excludes halogenated alkanes) is 1. The lowest BCUT2D eigenvalue weighted by Crippen LogP contribution is -2.50. The minimum atomic E-state index is -1.22. The van der Waals surface area contributed by atoms with Crippen molar-refractivity contribution in [2.45, 2.75) is 37.8 Å². The summed E-state index contributed by atoms with van der Waals surface area (Å²) < 4.78 is 2.24. The molecule has 182 valence electrons. The molecule has 0 saturated carbocycles. The van der Waals surface area contributed by atoms with Crippen LogP contribution >= 0.6 is 12.4 Å². The van der Waals surface area contributed by atoms with E-state index >= 15 is 0 Å². The highest BCUT2D eigenvalue weighted by atomic mass is 35.5. The van der Waals surface area contributed by atoms with E-state index in [9.17, 15) is 24.3 Å². The number of aryl methyl sites for hydroxylation is 1. The summed E-state index contributed by atoms with van der Waals surface area (Å²) in [6, 6.07) is 13.3. The number of amides is 1. The highest BCUT2D eigenvalue weighted by molar-refractivity contribution is 5.86. The molecule has 34 heavy (non-hydrogen) atoms. The number of nitrogens with zero attached hydrogens (tertiary/aromatic N) is 2. The molecule has 0 aliphatic carbocycles. The molecule has 0 unspecified atom stereocenters. The fourth-order valence-corrected chi connectivity index (χ4v) is 3.86. The number of para-hydroxylation sites is 1. The minimum Gasteiger partial charge on any atom is -0.480 e. The molecule has 2 aromatic carbocycles. The highest BCUT2D eigenvalue weighted by Gasteiger charge is 2.29. The number of aliphatic carboxylic acids is 1. The molecule has 0 spiro atoms. The smallest absolute Gasteiger partial charge is 0.331 e. The normalized spacial score (nSPS) is 12.5. The molecule has 0 fully saturated rings. The van der Waals surface area contributed by atoms with Crippen molar-refractivity contribution >= 4 is 35.2 Å². The van der Waals surface area contributed by atoms with Gasteiger partial charge in [-0.3, -0.25) is 14.2 Å². The maximum Gasteiger partial charge on any atom is 0.331 e. The van der Waals surface area contributed by atoms with Gasteiger partial charge < -0.3 is 16.2 Å². The zero-order valence-electron chi connectivity index (χ0n) is 18.8. The molecule has 9 nitrogen and oxygen atoms in total. The van der Waals surface area contributed by atoms with Gasteiger partial charge in [0.15, 0.2) is 0 Å². The van der Waals surface area contributed by atoms with E-state index in [1.807, 2.05) is 6.07 Å². The van der Waals surface area contributed by atoms with Gasteiger partial charge in [-0.2, -0.15) is 0 Å². The van der Waals surface area contributed by atoms with Crippen LogP contribution in [-0.2, 0) is 23.1 Å². The minimum absolute atomic E-state index is 0. The van der Waals surface area contributed by atoms with Crippen molar-refractivity contribution in [2.24, 2.45) is 12.8 Å². The molecule has 2 atom stereocenters. The van der Waals surface area contributed by atoms with Crippen LogP contribution in [-0.4, -0.2) is 38.7 Å². The molecule has 1 heterocycles. The van der Waals surface area contributed by atoms with Crippen molar-refractivity contribution in [2.75, 3.05) is 6.54 Å². The number of fused-ring (bicyclic) bond motifs is 1. The number of rotatable bonds is 10. The Labute approximate surface area is 202 Å². The first-order chi connectivity index (χ1) is 15.8. The number of benzene rings is 2. The van der Waals surface area contributed by atoms with E-state index in [0.717, 1.165) is 10.1 Å². The lowest BCUT2D eigenvalue weighted by molar-refractivity contribution is -0.142. The van der Waals surface area contributed by atoms with E-state index < -0.39 is 35.2 Å². The Bertz CT molecular complexity index is 1260. The molecule has 0 bridgehead atoms. The number of aromatic nitrogens is 2. The Kier molecular flexibility index (Phi) is 9.58. The van der Waals surface area contributed by atoms with Crippen molar-refractivity contribution in [3.8, 4) is 0 Å². The standard InChI is InChI=1S/C24H28N4O5.ClH/c1-27-19-13-6-5-11-17(19)22(30)28(24(27)33)20(15-16-9-3-2-4-10-16)21(29)26-18(23(31)32)12-7-8-14-25;/h2-6,9-11,13,18,20H,7-8,12,14-15,25H2,1H3,(H,26,29)(H,31,32);1H/t18-,20-;/m0./s1. The van der Waals surface area contributed by atoms with Crippen LogP contribution in [0.5, 0.6) is 0 Å². The Hall–Kier alpha value is -3.43. The zero-order valence-corrected chi connectivity index (χ0v) is 19.7. The van der Waals surface area contributed by atoms with Crippen molar-refractivity contribution in [3.05, 3.63) is 81.0 Å². The number of carbonyl (C=O) groups excluding carboxylic acids is 1. The van der Waals surface area contributed by atoms with E-state index in [4.69, 9.17) is 5.73 Å². The van der Waals surface area contributed by atoms with Gasteiger partial charge in [0.1, 0.15) is 12.1 Å². The molecule has 3 rings (SSSR count). The van der Waals surface area contributed by atoms with Crippen LogP contribution in [0.25, 0.3) is 10.9 Å². The molecule has 3 aromatic rings. The SMILES string of the molecule is Cl.Cn1c(=O)n([C@@H](Cc2ccccc2)C(=O)N[C@@H](CCCCN)C(=O)O)c(=O)c2ccccc21. The van der Waals surface area contributed by atoms with E-state index in [0.29, 0.717) is 30.3 Å². The van der Waals surface area contributed by atoms with Gasteiger partial charge in [-0.25, -0.2) is 14.2 Å². The van der Waals surface area contributed by atoms with Crippen LogP contribution in [0.2, 0.25) is 0 Å². The molecule has 1 amide bonds. The predicted molar refractivity (Wildman–Crippen MR) is 132 cm³/mol. The Morgan fingerprint density at radius 1 is 1.03 bits per heavy atom. The van der Waals surface area contributed by atoms with E-state index in [-0.39, 0.29) is 25.2 Å². The van der Waals surface area contributed by atoms with Crippen LogP contribution in [0.1, 0.15) is 30.9 Å². The molecule has 4 N–H and O–H groups in total. The van der Waals surface area contributed by atoms with Gasteiger partial charge in [-0.15, -0.1) is 12.4 Å². The fraction of sp³-hybridized carbons (Fsp3) is 0.333. The molecular weight excluding hydrogens is 460 g/mol. The number of hydrogen-bond acceptors (Lipinski definition) is 5. The Balaban J connectivity index is 0.00000408. The predicted octanol–water partition coefficient (Wildman–Crippen LogP) is 1.60. The third-order valence-corrected chi connectivity index (χ3v) is 5.66. The molecule has 0 saturated heterocycles. The van der Waals surface area contributed by atoms with Crippen LogP contribution in [0, 0.1) is 0 Å².